The fraction of sp³-hybridized carbons (Fsp3) is 0.364. The van der Waals surface area contributed by atoms with E-state index in [0.717, 1.165) is 35.1 Å². The maximum absolute atomic E-state index is 10.9. The molecule has 2 aromatic carbocycles. The lowest BCUT2D eigenvalue weighted by Gasteiger charge is -2.23. The van der Waals surface area contributed by atoms with Crippen LogP contribution in [0.15, 0.2) is 47.5 Å². The molecule has 31 heavy (non-hydrogen) atoms. The quantitative estimate of drug-likeness (QED) is 0.272. The Balaban J connectivity index is 0.00000480. The minimum absolute atomic E-state index is 0. The molecule has 9 heteroatoms. The van der Waals surface area contributed by atoms with E-state index < -0.39 is 5.91 Å². The van der Waals surface area contributed by atoms with Crippen LogP contribution < -0.4 is 25.3 Å². The van der Waals surface area contributed by atoms with Crippen LogP contribution in [0.5, 0.6) is 17.2 Å². The predicted octanol–water partition coefficient (Wildman–Crippen LogP) is 2.78. The van der Waals surface area contributed by atoms with Crippen molar-refractivity contribution in [1.82, 2.24) is 10.2 Å². The van der Waals surface area contributed by atoms with Gasteiger partial charge in [-0.3, -0.25) is 4.79 Å². The van der Waals surface area contributed by atoms with Crippen molar-refractivity contribution in [2.75, 3.05) is 34.4 Å². The summed E-state index contributed by atoms with van der Waals surface area (Å²) in [5.41, 5.74) is 7.11. The second kappa shape index (κ2) is 13.6. The highest BCUT2D eigenvalue weighted by Crippen LogP contribution is 2.25. The van der Waals surface area contributed by atoms with E-state index in [2.05, 4.69) is 5.32 Å². The van der Waals surface area contributed by atoms with Crippen molar-refractivity contribution in [3.63, 3.8) is 0 Å². The first-order valence-corrected chi connectivity index (χ1v) is 9.67. The van der Waals surface area contributed by atoms with Crippen LogP contribution in [0.2, 0.25) is 0 Å². The summed E-state index contributed by atoms with van der Waals surface area (Å²) in [7, 11) is 5.24. The van der Waals surface area contributed by atoms with Gasteiger partial charge < -0.3 is 30.2 Å². The molecule has 0 saturated carbocycles. The molecule has 2 aromatic rings. The van der Waals surface area contributed by atoms with Crippen LogP contribution in [-0.4, -0.2) is 51.2 Å². The van der Waals surface area contributed by atoms with Crippen molar-refractivity contribution < 1.29 is 19.0 Å². The van der Waals surface area contributed by atoms with E-state index in [1.165, 1.54) is 0 Å². The summed E-state index contributed by atoms with van der Waals surface area (Å²) in [6.45, 7) is 3.68. The van der Waals surface area contributed by atoms with Gasteiger partial charge in [0.25, 0.3) is 5.91 Å². The fourth-order valence-corrected chi connectivity index (χ4v) is 2.84. The molecule has 0 spiro atoms. The molecule has 8 nitrogen and oxygen atoms in total. The van der Waals surface area contributed by atoms with Gasteiger partial charge in [0.2, 0.25) is 0 Å². The number of benzene rings is 2. The van der Waals surface area contributed by atoms with Crippen LogP contribution >= 0.6 is 24.0 Å². The molecule has 0 aliphatic heterocycles. The number of nitrogens with two attached hydrogens (primary N) is 1. The van der Waals surface area contributed by atoms with E-state index in [4.69, 9.17) is 24.9 Å². The van der Waals surface area contributed by atoms with E-state index in [1.54, 1.807) is 20.3 Å². The van der Waals surface area contributed by atoms with Crippen molar-refractivity contribution in [1.29, 1.82) is 0 Å². The number of hydrogen-bond acceptors (Lipinski definition) is 5. The third-order valence-electron chi connectivity index (χ3n) is 4.29. The molecule has 1 amide bonds. The molecule has 0 bridgehead atoms. The number of nitrogens with zero attached hydrogens (tertiary/aromatic N) is 2. The van der Waals surface area contributed by atoms with Crippen LogP contribution in [0, 0.1) is 0 Å². The summed E-state index contributed by atoms with van der Waals surface area (Å²) >= 11 is 0. The normalized spacial score (nSPS) is 10.6. The number of carbonyl (C=O) groups is 1. The average Bonchev–Trinajstić information content (AvgIpc) is 2.75. The van der Waals surface area contributed by atoms with E-state index in [-0.39, 0.29) is 30.6 Å². The molecule has 3 N–H and O–H groups in total. The second-order valence-corrected chi connectivity index (χ2v) is 6.61. The monoisotopic (exact) mass is 542 g/mol. The fourth-order valence-electron chi connectivity index (χ4n) is 2.84. The highest BCUT2D eigenvalue weighted by Gasteiger charge is 2.11. The molecular weight excluding hydrogens is 511 g/mol. The molecule has 0 atom stereocenters. The molecule has 0 aliphatic carbocycles. The zero-order chi connectivity index (χ0) is 21.9. The lowest BCUT2D eigenvalue weighted by Crippen LogP contribution is -2.38. The lowest BCUT2D eigenvalue weighted by molar-refractivity contribution is -0.119. The first-order chi connectivity index (χ1) is 14.5. The Morgan fingerprint density at radius 1 is 1.13 bits per heavy atom. The number of primary amides is 1. The van der Waals surface area contributed by atoms with Gasteiger partial charge in [0.05, 0.1) is 20.8 Å². The van der Waals surface area contributed by atoms with Crippen molar-refractivity contribution in [3.8, 4) is 17.2 Å². The van der Waals surface area contributed by atoms with Gasteiger partial charge in [-0.05, 0) is 36.8 Å². The van der Waals surface area contributed by atoms with E-state index in [9.17, 15) is 4.79 Å². The first kappa shape index (κ1) is 26.3. The molecule has 0 fully saturated rings. The van der Waals surface area contributed by atoms with Crippen LogP contribution in [0.1, 0.15) is 18.1 Å². The maximum Gasteiger partial charge on any atom is 0.255 e. The number of ether oxygens (including phenoxy) is 3. The summed E-state index contributed by atoms with van der Waals surface area (Å²) in [6, 6.07) is 13.2. The Hall–Kier alpha value is -2.69. The molecule has 0 aromatic heterocycles. The predicted molar refractivity (Wildman–Crippen MR) is 132 cm³/mol. The number of methoxy groups -OCH3 is 2. The van der Waals surface area contributed by atoms with Crippen molar-refractivity contribution in [2.45, 2.75) is 20.0 Å². The minimum Gasteiger partial charge on any atom is -0.497 e. The van der Waals surface area contributed by atoms with Gasteiger partial charge in [-0.25, -0.2) is 4.99 Å². The molecule has 0 radical (unpaired) electrons. The third-order valence-corrected chi connectivity index (χ3v) is 4.29. The molecular formula is C22H31IN4O4. The van der Waals surface area contributed by atoms with E-state index >= 15 is 0 Å². The van der Waals surface area contributed by atoms with E-state index in [1.807, 2.05) is 55.3 Å². The third kappa shape index (κ3) is 8.52. The van der Waals surface area contributed by atoms with Gasteiger partial charge in [-0.15, -0.1) is 24.0 Å². The molecule has 0 heterocycles. The van der Waals surface area contributed by atoms with Crippen LogP contribution in [0.3, 0.4) is 0 Å². The Labute approximate surface area is 200 Å². The summed E-state index contributed by atoms with van der Waals surface area (Å²) in [4.78, 5) is 17.6. The largest absolute Gasteiger partial charge is 0.497 e. The molecule has 170 valence electrons. The van der Waals surface area contributed by atoms with Gasteiger partial charge in [0, 0.05) is 31.8 Å². The number of amides is 1. The Kier molecular flexibility index (Phi) is 11.5. The number of guanidine groups is 1. The number of nitrogens with one attached hydrogen (secondary N) is 1. The Morgan fingerprint density at radius 2 is 1.90 bits per heavy atom. The van der Waals surface area contributed by atoms with Crippen LogP contribution in [0.4, 0.5) is 0 Å². The van der Waals surface area contributed by atoms with Gasteiger partial charge in [-0.1, -0.05) is 12.1 Å². The number of halogens is 1. The van der Waals surface area contributed by atoms with Gasteiger partial charge in [0.1, 0.15) is 17.2 Å². The SMILES string of the molecule is CCNC(=NCc1cccc(OCC(N)=O)c1)N(C)Cc1ccc(OC)cc1OC.I. The van der Waals surface area contributed by atoms with Crippen LogP contribution in [-0.2, 0) is 17.9 Å². The molecule has 0 saturated heterocycles. The Bertz CT molecular complexity index is 876. The smallest absolute Gasteiger partial charge is 0.255 e. The second-order valence-electron chi connectivity index (χ2n) is 6.61. The summed E-state index contributed by atoms with van der Waals surface area (Å²) < 4.78 is 16.1. The van der Waals surface area contributed by atoms with E-state index in [0.29, 0.717) is 18.8 Å². The van der Waals surface area contributed by atoms with Gasteiger partial charge in [-0.2, -0.15) is 0 Å². The van der Waals surface area contributed by atoms with Crippen molar-refractivity contribution >= 4 is 35.8 Å². The lowest BCUT2D eigenvalue weighted by atomic mass is 10.2. The summed E-state index contributed by atoms with van der Waals surface area (Å²) in [5.74, 6) is 2.35. The standard InChI is InChI=1S/C22H30N4O4.HI/c1-5-24-22(25-13-16-7-6-8-19(11-16)30-15-21(23)27)26(2)14-17-9-10-18(28-3)12-20(17)29-4;/h6-12H,5,13-15H2,1-4H3,(H2,23,27)(H,24,25);1H. The molecule has 2 rings (SSSR count). The zero-order valence-corrected chi connectivity index (χ0v) is 20.7. The minimum atomic E-state index is -0.511. The number of rotatable bonds is 10. The van der Waals surface area contributed by atoms with Gasteiger partial charge in [0.15, 0.2) is 12.6 Å². The van der Waals surface area contributed by atoms with Crippen molar-refractivity contribution in [3.05, 3.63) is 53.6 Å². The summed E-state index contributed by atoms with van der Waals surface area (Å²) in [6.07, 6.45) is 0. The van der Waals surface area contributed by atoms with Crippen LogP contribution in [0.25, 0.3) is 0 Å². The highest BCUT2D eigenvalue weighted by atomic mass is 127. The summed E-state index contributed by atoms with van der Waals surface area (Å²) in [5, 5.41) is 3.31. The average molecular weight is 542 g/mol. The highest BCUT2D eigenvalue weighted by molar-refractivity contribution is 14.0. The van der Waals surface area contributed by atoms with Gasteiger partial charge >= 0.3 is 0 Å². The molecule has 0 unspecified atom stereocenters. The first-order valence-electron chi connectivity index (χ1n) is 9.67. The Morgan fingerprint density at radius 3 is 2.55 bits per heavy atom. The topological polar surface area (TPSA) is 98.4 Å². The zero-order valence-electron chi connectivity index (χ0n) is 18.4. The number of aliphatic imine (C=N–C) groups is 1. The molecule has 0 aliphatic rings. The van der Waals surface area contributed by atoms with Crippen molar-refractivity contribution in [2.24, 2.45) is 10.7 Å². The number of carbonyl (C=O) groups excluding carboxylic acids is 1. The number of hydrogen-bond donors (Lipinski definition) is 2. The maximum atomic E-state index is 10.9.